The average Bonchev–Trinajstić information content (AvgIpc) is 2.77. The lowest BCUT2D eigenvalue weighted by Crippen LogP contribution is -2.26. The van der Waals surface area contributed by atoms with Gasteiger partial charge in [0.25, 0.3) is 5.91 Å². The maximum atomic E-state index is 12.3. The molecule has 2 rings (SSSR count). The molecule has 0 atom stereocenters. The van der Waals surface area contributed by atoms with E-state index in [-0.39, 0.29) is 5.91 Å². The minimum Gasteiger partial charge on any atom is -0.337 e. The van der Waals surface area contributed by atoms with Crippen LogP contribution in [0.1, 0.15) is 21.5 Å². The van der Waals surface area contributed by atoms with Gasteiger partial charge < -0.3 is 4.90 Å². The van der Waals surface area contributed by atoms with Gasteiger partial charge in [-0.05, 0) is 24.6 Å². The van der Waals surface area contributed by atoms with E-state index in [9.17, 15) is 4.79 Å². The minimum absolute atomic E-state index is 0.00422. The quantitative estimate of drug-likeness (QED) is 0.871. The van der Waals surface area contributed by atoms with Crippen LogP contribution in [0.25, 0.3) is 0 Å². The first-order valence-electron chi connectivity index (χ1n) is 5.96. The van der Waals surface area contributed by atoms with Crippen LogP contribution in [0.3, 0.4) is 0 Å². The van der Waals surface area contributed by atoms with Gasteiger partial charge in [-0.15, -0.1) is 0 Å². The number of rotatable bonds is 3. The van der Waals surface area contributed by atoms with Crippen molar-refractivity contribution in [1.29, 1.82) is 0 Å². The van der Waals surface area contributed by atoms with E-state index in [1.165, 1.54) is 0 Å². The molecule has 1 amide bonds. The fourth-order valence-corrected chi connectivity index (χ4v) is 2.22. The predicted octanol–water partition coefficient (Wildman–Crippen LogP) is 2.76. The largest absolute Gasteiger partial charge is 0.337 e. The number of carbonyl (C=O) groups excluding carboxylic acids is 1. The summed E-state index contributed by atoms with van der Waals surface area (Å²) in [5.41, 5.74) is 2.82. The van der Waals surface area contributed by atoms with Crippen molar-refractivity contribution in [3.8, 4) is 0 Å². The number of hydrogen-bond donors (Lipinski definition) is 0. The molecule has 0 aliphatic heterocycles. The lowest BCUT2D eigenvalue weighted by atomic mass is 10.1. The monoisotopic (exact) mass is 321 g/mol. The van der Waals surface area contributed by atoms with Crippen molar-refractivity contribution in [1.82, 2.24) is 14.7 Å². The van der Waals surface area contributed by atoms with Crippen LogP contribution >= 0.6 is 15.9 Å². The van der Waals surface area contributed by atoms with Crippen molar-refractivity contribution in [3.63, 3.8) is 0 Å². The van der Waals surface area contributed by atoms with Crippen molar-refractivity contribution in [3.05, 3.63) is 51.8 Å². The Morgan fingerprint density at radius 2 is 2.21 bits per heavy atom. The fraction of sp³-hybridized carbons (Fsp3) is 0.286. The van der Waals surface area contributed by atoms with E-state index in [1.54, 1.807) is 22.8 Å². The van der Waals surface area contributed by atoms with Crippen LogP contribution in [0.15, 0.2) is 35.1 Å². The topological polar surface area (TPSA) is 38.1 Å². The summed E-state index contributed by atoms with van der Waals surface area (Å²) in [6.45, 7) is 2.55. The van der Waals surface area contributed by atoms with Crippen LogP contribution in [0.5, 0.6) is 0 Å². The zero-order chi connectivity index (χ0) is 14.0. The normalized spacial score (nSPS) is 10.5. The lowest BCUT2D eigenvalue weighted by Gasteiger charge is -2.16. The lowest BCUT2D eigenvalue weighted by molar-refractivity contribution is 0.0785. The van der Waals surface area contributed by atoms with Crippen molar-refractivity contribution in [2.45, 2.75) is 13.5 Å². The third-order valence-corrected chi connectivity index (χ3v) is 3.80. The molecule has 0 N–H and O–H groups in total. The van der Waals surface area contributed by atoms with E-state index in [4.69, 9.17) is 0 Å². The summed E-state index contributed by atoms with van der Waals surface area (Å²) in [7, 11) is 3.66. The highest BCUT2D eigenvalue weighted by Gasteiger charge is 2.13. The summed E-state index contributed by atoms with van der Waals surface area (Å²) in [6, 6.07) is 5.65. The summed E-state index contributed by atoms with van der Waals surface area (Å²) in [5.74, 6) is 0.00422. The van der Waals surface area contributed by atoms with Crippen LogP contribution in [0.2, 0.25) is 0 Å². The molecule has 19 heavy (non-hydrogen) atoms. The number of aromatic nitrogens is 2. The number of hydrogen-bond acceptors (Lipinski definition) is 2. The first-order chi connectivity index (χ1) is 8.97. The smallest absolute Gasteiger partial charge is 0.253 e. The van der Waals surface area contributed by atoms with Crippen LogP contribution in [-0.4, -0.2) is 27.6 Å². The third-order valence-electron chi connectivity index (χ3n) is 2.94. The SMILES string of the molecule is Cc1ccc(C(=O)N(C)Cc2cnn(C)c2)cc1Br. The molecule has 4 nitrogen and oxygen atoms in total. The fourth-order valence-electron chi connectivity index (χ4n) is 1.85. The first-order valence-corrected chi connectivity index (χ1v) is 6.76. The number of benzene rings is 1. The van der Waals surface area contributed by atoms with Crippen molar-refractivity contribution in [2.75, 3.05) is 7.05 Å². The molecule has 0 fully saturated rings. The van der Waals surface area contributed by atoms with E-state index < -0.39 is 0 Å². The second kappa shape index (κ2) is 5.57. The van der Waals surface area contributed by atoms with Gasteiger partial charge in [0.15, 0.2) is 0 Å². The van der Waals surface area contributed by atoms with Gasteiger partial charge in [-0.1, -0.05) is 22.0 Å². The Morgan fingerprint density at radius 3 is 2.79 bits per heavy atom. The van der Waals surface area contributed by atoms with Gasteiger partial charge in [0.1, 0.15) is 0 Å². The summed E-state index contributed by atoms with van der Waals surface area (Å²) in [6.07, 6.45) is 3.68. The highest BCUT2D eigenvalue weighted by Crippen LogP contribution is 2.18. The molecule has 0 saturated heterocycles. The van der Waals surface area contributed by atoms with Gasteiger partial charge in [0.05, 0.1) is 6.20 Å². The Kier molecular flexibility index (Phi) is 4.04. The van der Waals surface area contributed by atoms with Gasteiger partial charge in [0, 0.05) is 42.4 Å². The summed E-state index contributed by atoms with van der Waals surface area (Å²) in [5, 5.41) is 4.10. The van der Waals surface area contributed by atoms with Gasteiger partial charge in [0.2, 0.25) is 0 Å². The van der Waals surface area contributed by atoms with Gasteiger partial charge >= 0.3 is 0 Å². The van der Waals surface area contributed by atoms with Crippen LogP contribution in [0, 0.1) is 6.92 Å². The number of halogens is 1. The Labute approximate surface area is 121 Å². The second-order valence-electron chi connectivity index (χ2n) is 4.65. The molecule has 0 bridgehead atoms. The molecule has 5 heteroatoms. The Bertz CT molecular complexity index is 606. The number of aryl methyl sites for hydroxylation is 2. The summed E-state index contributed by atoms with van der Waals surface area (Å²) >= 11 is 3.45. The van der Waals surface area contributed by atoms with E-state index in [0.29, 0.717) is 12.1 Å². The Balaban J connectivity index is 2.12. The van der Waals surface area contributed by atoms with Crippen molar-refractivity contribution >= 4 is 21.8 Å². The van der Waals surface area contributed by atoms with Gasteiger partial charge in [-0.25, -0.2) is 0 Å². The summed E-state index contributed by atoms with van der Waals surface area (Å²) in [4.78, 5) is 14.0. The molecular weight excluding hydrogens is 306 g/mol. The van der Waals surface area contributed by atoms with E-state index >= 15 is 0 Å². The number of nitrogens with zero attached hydrogens (tertiary/aromatic N) is 3. The van der Waals surface area contributed by atoms with Crippen LogP contribution in [0.4, 0.5) is 0 Å². The molecule has 2 aromatic rings. The average molecular weight is 322 g/mol. The molecule has 0 radical (unpaired) electrons. The highest BCUT2D eigenvalue weighted by molar-refractivity contribution is 9.10. The Hall–Kier alpha value is -1.62. The number of carbonyl (C=O) groups is 1. The van der Waals surface area contributed by atoms with Crippen molar-refractivity contribution in [2.24, 2.45) is 7.05 Å². The molecule has 0 aliphatic rings. The summed E-state index contributed by atoms with van der Waals surface area (Å²) < 4.78 is 2.68. The maximum Gasteiger partial charge on any atom is 0.253 e. The van der Waals surface area contributed by atoms with Crippen LogP contribution < -0.4 is 0 Å². The van der Waals surface area contributed by atoms with E-state index in [1.807, 2.05) is 38.4 Å². The second-order valence-corrected chi connectivity index (χ2v) is 5.50. The minimum atomic E-state index is 0.00422. The maximum absolute atomic E-state index is 12.3. The molecule has 1 aromatic carbocycles. The molecule has 1 aromatic heterocycles. The Morgan fingerprint density at radius 1 is 1.47 bits per heavy atom. The van der Waals surface area contributed by atoms with E-state index in [2.05, 4.69) is 21.0 Å². The standard InChI is InChI=1S/C14H16BrN3O/c1-10-4-5-12(6-13(10)15)14(19)17(2)8-11-7-16-18(3)9-11/h4-7,9H,8H2,1-3H3. The zero-order valence-electron chi connectivity index (χ0n) is 11.2. The van der Waals surface area contributed by atoms with Crippen molar-refractivity contribution < 1.29 is 4.79 Å². The zero-order valence-corrected chi connectivity index (χ0v) is 12.8. The molecule has 0 spiro atoms. The number of amides is 1. The first kappa shape index (κ1) is 13.8. The molecule has 0 saturated carbocycles. The molecular formula is C14H16BrN3O. The molecule has 0 aliphatic carbocycles. The van der Waals surface area contributed by atoms with Crippen LogP contribution in [-0.2, 0) is 13.6 Å². The molecule has 100 valence electrons. The molecule has 1 heterocycles. The third kappa shape index (κ3) is 3.23. The van der Waals surface area contributed by atoms with E-state index in [0.717, 1.165) is 15.6 Å². The van der Waals surface area contributed by atoms with Gasteiger partial charge in [-0.3, -0.25) is 9.48 Å². The highest BCUT2D eigenvalue weighted by atomic mass is 79.9. The predicted molar refractivity (Wildman–Crippen MR) is 77.9 cm³/mol. The van der Waals surface area contributed by atoms with Gasteiger partial charge in [-0.2, -0.15) is 5.10 Å². The molecule has 0 unspecified atom stereocenters.